The molecule has 0 bridgehead atoms. The van der Waals surface area contributed by atoms with Crippen LogP contribution in [0.15, 0.2) is 12.1 Å². The van der Waals surface area contributed by atoms with Crippen LogP contribution < -0.4 is 16.0 Å². The maximum Gasteiger partial charge on any atom is 0.258 e. The number of rotatable bonds is 11. The molecule has 1 aliphatic carbocycles. The van der Waals surface area contributed by atoms with Gasteiger partial charge in [0.05, 0.1) is 0 Å². The quantitative estimate of drug-likeness (QED) is 0.302. The van der Waals surface area contributed by atoms with Crippen LogP contribution in [0.1, 0.15) is 125 Å². The Balaban J connectivity index is 1.60. The average molecular weight is 486 g/mol. The molecular formula is C27H43N5OS. The van der Waals surface area contributed by atoms with Crippen LogP contribution in [-0.2, 0) is 0 Å². The molecule has 7 heteroatoms. The van der Waals surface area contributed by atoms with Crippen molar-refractivity contribution in [1.82, 2.24) is 15.5 Å². The van der Waals surface area contributed by atoms with Crippen LogP contribution in [-0.4, -0.2) is 35.2 Å². The summed E-state index contributed by atoms with van der Waals surface area (Å²) in [6.45, 7) is 14.9. The third-order valence-corrected chi connectivity index (χ3v) is 7.47. The maximum atomic E-state index is 13.4. The normalized spacial score (nSPS) is 14.9. The summed E-state index contributed by atoms with van der Waals surface area (Å²) in [5.74, 6) is 0.834. The van der Waals surface area contributed by atoms with Crippen molar-refractivity contribution in [3.63, 3.8) is 0 Å². The summed E-state index contributed by atoms with van der Waals surface area (Å²) in [5, 5.41) is 19.7. The van der Waals surface area contributed by atoms with Gasteiger partial charge in [0, 0.05) is 18.2 Å². The summed E-state index contributed by atoms with van der Waals surface area (Å²) < 4.78 is 0. The Labute approximate surface area is 209 Å². The third-order valence-electron chi connectivity index (χ3n) is 6.67. The van der Waals surface area contributed by atoms with Crippen molar-refractivity contribution in [2.24, 2.45) is 0 Å². The highest BCUT2D eigenvalue weighted by Gasteiger charge is 2.23. The summed E-state index contributed by atoms with van der Waals surface area (Å²) in [4.78, 5) is 13.4. The zero-order valence-corrected chi connectivity index (χ0v) is 22.6. The van der Waals surface area contributed by atoms with Gasteiger partial charge in [0.2, 0.25) is 10.3 Å². The number of hydrogen-bond acceptors (Lipinski definition) is 6. The van der Waals surface area contributed by atoms with E-state index in [0.717, 1.165) is 41.3 Å². The SMILES string of the molecule is CC(C)c1cc(C(C)C)c(C(=O)Nc2nnc(NCCCNC3CCCCC3)s2)c(C(C)C)c1. The van der Waals surface area contributed by atoms with E-state index in [9.17, 15) is 4.79 Å². The molecule has 0 radical (unpaired) electrons. The minimum atomic E-state index is -0.0953. The predicted molar refractivity (Wildman–Crippen MR) is 145 cm³/mol. The molecule has 1 aliphatic rings. The minimum Gasteiger partial charge on any atom is -0.360 e. The van der Waals surface area contributed by atoms with Gasteiger partial charge >= 0.3 is 0 Å². The van der Waals surface area contributed by atoms with E-state index in [4.69, 9.17) is 0 Å². The molecule has 188 valence electrons. The molecule has 1 fully saturated rings. The fourth-order valence-corrected chi connectivity index (χ4v) is 5.28. The van der Waals surface area contributed by atoms with E-state index >= 15 is 0 Å². The number of hydrogen-bond donors (Lipinski definition) is 3. The number of aromatic nitrogens is 2. The Morgan fingerprint density at radius 3 is 2.12 bits per heavy atom. The summed E-state index contributed by atoms with van der Waals surface area (Å²) in [6, 6.07) is 5.09. The number of benzene rings is 1. The Morgan fingerprint density at radius 2 is 1.53 bits per heavy atom. The lowest BCUT2D eigenvalue weighted by Crippen LogP contribution is -2.32. The molecule has 0 atom stereocenters. The van der Waals surface area contributed by atoms with E-state index in [1.807, 2.05) is 0 Å². The van der Waals surface area contributed by atoms with Crippen molar-refractivity contribution in [2.45, 2.75) is 104 Å². The fraction of sp³-hybridized carbons (Fsp3) is 0.667. The molecule has 3 rings (SSSR count). The lowest BCUT2D eigenvalue weighted by Gasteiger charge is -2.22. The highest BCUT2D eigenvalue weighted by atomic mass is 32.1. The number of nitrogens with one attached hydrogen (secondary N) is 3. The molecule has 1 aromatic carbocycles. The first-order valence-corrected chi connectivity index (χ1v) is 13.9. The summed E-state index contributed by atoms with van der Waals surface area (Å²) >= 11 is 1.39. The molecule has 0 spiro atoms. The van der Waals surface area contributed by atoms with Crippen molar-refractivity contribution in [3.8, 4) is 0 Å². The van der Waals surface area contributed by atoms with Crippen molar-refractivity contribution in [2.75, 3.05) is 23.7 Å². The van der Waals surface area contributed by atoms with Crippen molar-refractivity contribution in [1.29, 1.82) is 0 Å². The van der Waals surface area contributed by atoms with Gasteiger partial charge in [-0.15, -0.1) is 10.2 Å². The average Bonchev–Trinajstić information content (AvgIpc) is 3.25. The van der Waals surface area contributed by atoms with Crippen molar-refractivity contribution < 1.29 is 4.79 Å². The molecule has 0 unspecified atom stereocenters. The van der Waals surface area contributed by atoms with E-state index in [1.165, 1.54) is 49.0 Å². The smallest absolute Gasteiger partial charge is 0.258 e. The topological polar surface area (TPSA) is 78.9 Å². The van der Waals surface area contributed by atoms with Crippen LogP contribution in [0.3, 0.4) is 0 Å². The molecular weight excluding hydrogens is 442 g/mol. The van der Waals surface area contributed by atoms with Gasteiger partial charge in [-0.3, -0.25) is 10.1 Å². The molecule has 0 aliphatic heterocycles. The Kier molecular flexibility index (Phi) is 9.89. The molecule has 2 aromatic rings. The highest BCUT2D eigenvalue weighted by Crippen LogP contribution is 2.33. The Morgan fingerprint density at radius 1 is 0.912 bits per heavy atom. The van der Waals surface area contributed by atoms with Crippen LogP contribution in [0.4, 0.5) is 10.3 Å². The first-order valence-electron chi connectivity index (χ1n) is 13.1. The van der Waals surface area contributed by atoms with Crippen LogP contribution in [0, 0.1) is 0 Å². The zero-order chi connectivity index (χ0) is 24.7. The van der Waals surface area contributed by atoms with E-state index in [0.29, 0.717) is 17.1 Å². The van der Waals surface area contributed by atoms with Crippen LogP contribution in [0.25, 0.3) is 0 Å². The first-order chi connectivity index (χ1) is 16.3. The van der Waals surface area contributed by atoms with Gasteiger partial charge in [0.1, 0.15) is 0 Å². The summed E-state index contributed by atoms with van der Waals surface area (Å²) in [6.07, 6.45) is 7.75. The van der Waals surface area contributed by atoms with Gasteiger partial charge < -0.3 is 10.6 Å². The summed E-state index contributed by atoms with van der Waals surface area (Å²) in [5.41, 5.74) is 4.26. The molecule has 34 heavy (non-hydrogen) atoms. The van der Waals surface area contributed by atoms with E-state index in [-0.39, 0.29) is 17.7 Å². The number of carbonyl (C=O) groups is 1. The fourth-order valence-electron chi connectivity index (χ4n) is 4.62. The predicted octanol–water partition coefficient (Wildman–Crippen LogP) is 6.88. The highest BCUT2D eigenvalue weighted by molar-refractivity contribution is 7.19. The molecule has 6 nitrogen and oxygen atoms in total. The number of nitrogens with zero attached hydrogens (tertiary/aromatic N) is 2. The van der Waals surface area contributed by atoms with Gasteiger partial charge in [0.15, 0.2) is 0 Å². The van der Waals surface area contributed by atoms with Gasteiger partial charge in [-0.2, -0.15) is 0 Å². The second-order valence-corrected chi connectivity index (χ2v) is 11.5. The van der Waals surface area contributed by atoms with Crippen LogP contribution in [0.2, 0.25) is 0 Å². The molecule has 1 aromatic heterocycles. The van der Waals surface area contributed by atoms with Crippen molar-refractivity contribution in [3.05, 3.63) is 34.4 Å². The second kappa shape index (κ2) is 12.6. The Bertz CT molecular complexity index is 902. The van der Waals surface area contributed by atoms with Gasteiger partial charge in [-0.1, -0.05) is 84.3 Å². The monoisotopic (exact) mass is 485 g/mol. The minimum absolute atomic E-state index is 0.0953. The van der Waals surface area contributed by atoms with Gasteiger partial charge in [0.25, 0.3) is 5.91 Å². The number of carbonyl (C=O) groups excluding carboxylic acids is 1. The van der Waals surface area contributed by atoms with E-state index in [2.05, 4.69) is 79.8 Å². The lowest BCUT2D eigenvalue weighted by molar-refractivity contribution is 0.102. The third kappa shape index (κ3) is 7.25. The standard InChI is InChI=1S/C27H43N5OS/c1-17(2)20-15-22(18(3)4)24(23(16-20)19(5)6)25(33)30-27-32-31-26(34-27)29-14-10-13-28-21-11-8-7-9-12-21/h15-19,21,28H,7-14H2,1-6H3,(H,29,31)(H,30,32,33). The zero-order valence-electron chi connectivity index (χ0n) is 21.8. The molecule has 3 N–H and O–H groups in total. The maximum absolute atomic E-state index is 13.4. The molecule has 1 heterocycles. The Hall–Kier alpha value is -1.99. The largest absolute Gasteiger partial charge is 0.360 e. The summed E-state index contributed by atoms with van der Waals surface area (Å²) in [7, 11) is 0. The van der Waals surface area contributed by atoms with Crippen LogP contribution in [0.5, 0.6) is 0 Å². The second-order valence-electron chi connectivity index (χ2n) is 10.5. The lowest BCUT2D eigenvalue weighted by atomic mass is 9.84. The molecule has 0 saturated heterocycles. The van der Waals surface area contributed by atoms with Crippen molar-refractivity contribution >= 4 is 27.5 Å². The first kappa shape index (κ1) is 26.6. The number of amides is 1. The van der Waals surface area contributed by atoms with Crippen LogP contribution >= 0.6 is 11.3 Å². The number of anilines is 2. The molecule has 1 amide bonds. The van der Waals surface area contributed by atoms with E-state index < -0.39 is 0 Å². The molecule has 1 saturated carbocycles. The van der Waals surface area contributed by atoms with Gasteiger partial charge in [-0.05, 0) is 60.3 Å². The van der Waals surface area contributed by atoms with Gasteiger partial charge in [-0.25, -0.2) is 0 Å². The van der Waals surface area contributed by atoms with E-state index in [1.54, 1.807) is 0 Å².